The fourth-order valence-electron chi connectivity index (χ4n) is 1.70. The highest BCUT2D eigenvalue weighted by Gasteiger charge is 2.25. The Morgan fingerprint density at radius 3 is 3.06 bits per heavy atom. The van der Waals surface area contributed by atoms with Crippen molar-refractivity contribution in [2.75, 3.05) is 32.2 Å². The Morgan fingerprint density at radius 2 is 2.44 bits per heavy atom. The van der Waals surface area contributed by atoms with Gasteiger partial charge < -0.3 is 14.4 Å². The average Bonchev–Trinajstić information content (AvgIpc) is 2.95. The predicted octanol–water partition coefficient (Wildman–Crippen LogP) is 1.15. The Labute approximate surface area is 98.0 Å². The molecule has 1 atom stereocenters. The van der Waals surface area contributed by atoms with Gasteiger partial charge in [0.1, 0.15) is 4.88 Å². The van der Waals surface area contributed by atoms with Gasteiger partial charge in [-0.1, -0.05) is 11.3 Å². The second kappa shape index (κ2) is 4.80. The van der Waals surface area contributed by atoms with E-state index in [1.807, 2.05) is 0 Å². The summed E-state index contributed by atoms with van der Waals surface area (Å²) in [7, 11) is 3.09. The van der Waals surface area contributed by atoms with E-state index in [9.17, 15) is 4.79 Å². The van der Waals surface area contributed by atoms with Crippen molar-refractivity contribution in [3.63, 3.8) is 0 Å². The van der Waals surface area contributed by atoms with Gasteiger partial charge in [-0.15, -0.1) is 0 Å². The Hall–Kier alpha value is -1.14. The van der Waals surface area contributed by atoms with Crippen LogP contribution in [0.1, 0.15) is 16.1 Å². The molecule has 16 heavy (non-hydrogen) atoms. The molecule has 0 N–H and O–H groups in total. The molecule has 1 fully saturated rings. The smallest absolute Gasteiger partial charge is 0.349 e. The number of ether oxygens (including phenoxy) is 2. The van der Waals surface area contributed by atoms with E-state index in [1.54, 1.807) is 13.3 Å². The lowest BCUT2D eigenvalue weighted by molar-refractivity contribution is 0.0606. The lowest BCUT2D eigenvalue weighted by atomic mass is 10.3. The molecule has 2 rings (SSSR count). The van der Waals surface area contributed by atoms with Crippen LogP contribution in [-0.4, -0.2) is 44.4 Å². The molecule has 0 spiro atoms. The third-order valence-electron chi connectivity index (χ3n) is 2.63. The van der Waals surface area contributed by atoms with Crippen molar-refractivity contribution in [1.82, 2.24) is 4.98 Å². The molecule has 1 aliphatic heterocycles. The minimum absolute atomic E-state index is 0.269. The average molecular weight is 242 g/mol. The lowest BCUT2D eigenvalue weighted by Gasteiger charge is -2.13. The topological polar surface area (TPSA) is 51.7 Å². The third-order valence-corrected chi connectivity index (χ3v) is 3.67. The van der Waals surface area contributed by atoms with Gasteiger partial charge >= 0.3 is 5.97 Å². The van der Waals surface area contributed by atoms with Crippen LogP contribution in [-0.2, 0) is 9.47 Å². The van der Waals surface area contributed by atoms with Gasteiger partial charge in [-0.05, 0) is 6.42 Å². The first-order valence-electron chi connectivity index (χ1n) is 5.06. The standard InChI is InChI=1S/C10H14N2O3S/c1-14-7-3-4-12(6-7)10-11-5-8(16-10)9(13)15-2/h5,7H,3-4,6H2,1-2H3. The molecule has 1 aromatic heterocycles. The zero-order valence-corrected chi connectivity index (χ0v) is 10.1. The van der Waals surface area contributed by atoms with Crippen molar-refractivity contribution in [1.29, 1.82) is 0 Å². The van der Waals surface area contributed by atoms with Crippen molar-refractivity contribution < 1.29 is 14.3 Å². The Bertz CT molecular complexity index is 380. The molecule has 1 saturated heterocycles. The van der Waals surface area contributed by atoms with Crippen LogP contribution in [0.5, 0.6) is 0 Å². The molecule has 0 saturated carbocycles. The molecule has 0 bridgehead atoms. The summed E-state index contributed by atoms with van der Waals surface area (Å²) in [6, 6.07) is 0. The molecule has 0 radical (unpaired) electrons. The number of hydrogen-bond acceptors (Lipinski definition) is 6. The van der Waals surface area contributed by atoms with E-state index in [2.05, 4.69) is 14.6 Å². The quantitative estimate of drug-likeness (QED) is 0.744. The van der Waals surface area contributed by atoms with Gasteiger partial charge in [-0.3, -0.25) is 0 Å². The number of nitrogens with zero attached hydrogens (tertiary/aromatic N) is 2. The van der Waals surface area contributed by atoms with E-state index in [4.69, 9.17) is 4.74 Å². The Balaban J connectivity index is 2.05. The van der Waals surface area contributed by atoms with Gasteiger partial charge in [0.2, 0.25) is 0 Å². The van der Waals surface area contributed by atoms with Gasteiger partial charge in [-0.25, -0.2) is 9.78 Å². The summed E-state index contributed by atoms with van der Waals surface area (Å²) in [6.07, 6.45) is 2.83. The molecule has 1 aliphatic rings. The van der Waals surface area contributed by atoms with Crippen LogP contribution in [0.4, 0.5) is 5.13 Å². The molecule has 0 aliphatic carbocycles. The number of rotatable bonds is 3. The molecule has 6 heteroatoms. The third kappa shape index (κ3) is 2.17. The number of hydrogen-bond donors (Lipinski definition) is 0. The van der Waals surface area contributed by atoms with Crippen LogP contribution in [0.15, 0.2) is 6.20 Å². The summed E-state index contributed by atoms with van der Waals surface area (Å²) < 4.78 is 9.92. The zero-order valence-electron chi connectivity index (χ0n) is 9.30. The molecule has 5 nitrogen and oxygen atoms in total. The van der Waals surface area contributed by atoms with Crippen LogP contribution in [0.3, 0.4) is 0 Å². The monoisotopic (exact) mass is 242 g/mol. The summed E-state index contributed by atoms with van der Waals surface area (Å²) in [5, 5.41) is 0.861. The number of esters is 1. The van der Waals surface area contributed by atoms with E-state index >= 15 is 0 Å². The summed E-state index contributed by atoms with van der Waals surface area (Å²) in [5.41, 5.74) is 0. The van der Waals surface area contributed by atoms with Crippen LogP contribution in [0.25, 0.3) is 0 Å². The molecule has 0 amide bonds. The summed E-state index contributed by atoms with van der Waals surface area (Å²) in [4.78, 5) is 18.2. The molecular formula is C10H14N2O3S. The maximum Gasteiger partial charge on any atom is 0.349 e. The first-order valence-corrected chi connectivity index (χ1v) is 5.88. The number of thiazole rings is 1. The molecular weight excluding hydrogens is 228 g/mol. The van der Waals surface area contributed by atoms with Gasteiger partial charge in [-0.2, -0.15) is 0 Å². The Kier molecular flexibility index (Phi) is 3.40. The Morgan fingerprint density at radius 1 is 1.62 bits per heavy atom. The fourth-order valence-corrected chi connectivity index (χ4v) is 2.57. The molecule has 1 aromatic rings. The van der Waals surface area contributed by atoms with Crippen molar-refractivity contribution in [2.45, 2.75) is 12.5 Å². The van der Waals surface area contributed by atoms with Crippen LogP contribution >= 0.6 is 11.3 Å². The molecule has 88 valence electrons. The number of methoxy groups -OCH3 is 2. The maximum atomic E-state index is 11.3. The second-order valence-electron chi connectivity index (χ2n) is 3.59. The SMILES string of the molecule is COC(=O)c1cnc(N2CCC(OC)C2)s1. The van der Waals surface area contributed by atoms with Crippen molar-refractivity contribution in [3.05, 3.63) is 11.1 Å². The van der Waals surface area contributed by atoms with Gasteiger partial charge in [0.05, 0.1) is 19.4 Å². The summed E-state index contributed by atoms with van der Waals surface area (Å²) >= 11 is 1.36. The summed E-state index contributed by atoms with van der Waals surface area (Å²) in [5.74, 6) is -0.328. The molecule has 1 unspecified atom stereocenters. The van der Waals surface area contributed by atoms with E-state index in [-0.39, 0.29) is 12.1 Å². The normalized spacial score (nSPS) is 20.1. The summed E-state index contributed by atoms with van der Waals surface area (Å²) in [6.45, 7) is 1.76. The predicted molar refractivity (Wildman–Crippen MR) is 61.1 cm³/mol. The largest absolute Gasteiger partial charge is 0.465 e. The van der Waals surface area contributed by atoms with Gasteiger partial charge in [0.15, 0.2) is 5.13 Å². The number of carbonyl (C=O) groups excluding carboxylic acids is 1. The zero-order chi connectivity index (χ0) is 11.5. The highest BCUT2D eigenvalue weighted by Crippen LogP contribution is 2.26. The van der Waals surface area contributed by atoms with Crippen molar-refractivity contribution >= 4 is 22.4 Å². The van der Waals surface area contributed by atoms with E-state index in [0.29, 0.717) is 4.88 Å². The first kappa shape index (κ1) is 11.3. The fraction of sp³-hybridized carbons (Fsp3) is 0.600. The second-order valence-corrected chi connectivity index (χ2v) is 4.60. The number of aromatic nitrogens is 1. The minimum atomic E-state index is -0.328. The van der Waals surface area contributed by atoms with Gasteiger partial charge in [0.25, 0.3) is 0 Å². The molecule has 0 aromatic carbocycles. The maximum absolute atomic E-state index is 11.3. The van der Waals surface area contributed by atoms with E-state index in [0.717, 1.165) is 24.6 Å². The van der Waals surface area contributed by atoms with Gasteiger partial charge in [0, 0.05) is 20.2 Å². The number of anilines is 1. The first-order chi connectivity index (χ1) is 7.74. The van der Waals surface area contributed by atoms with Crippen molar-refractivity contribution in [2.24, 2.45) is 0 Å². The van der Waals surface area contributed by atoms with E-state index < -0.39 is 0 Å². The van der Waals surface area contributed by atoms with Crippen LogP contribution < -0.4 is 4.90 Å². The van der Waals surface area contributed by atoms with Crippen molar-refractivity contribution in [3.8, 4) is 0 Å². The highest BCUT2D eigenvalue weighted by atomic mass is 32.1. The van der Waals surface area contributed by atoms with E-state index in [1.165, 1.54) is 18.4 Å². The highest BCUT2D eigenvalue weighted by molar-refractivity contribution is 7.17. The lowest BCUT2D eigenvalue weighted by Crippen LogP contribution is -2.21. The number of carbonyl (C=O) groups is 1. The minimum Gasteiger partial charge on any atom is -0.465 e. The molecule has 2 heterocycles. The van der Waals surface area contributed by atoms with Crippen LogP contribution in [0.2, 0.25) is 0 Å². The van der Waals surface area contributed by atoms with Crippen LogP contribution in [0, 0.1) is 0 Å².